The molecule has 0 saturated carbocycles. The van der Waals surface area contributed by atoms with E-state index in [0.717, 1.165) is 5.56 Å². The second-order valence-corrected chi connectivity index (χ2v) is 6.34. The summed E-state index contributed by atoms with van der Waals surface area (Å²) >= 11 is 0. The largest absolute Gasteiger partial charge is 0.488 e. The van der Waals surface area contributed by atoms with E-state index >= 15 is 0 Å². The molecule has 0 aliphatic rings. The first-order valence-electron chi connectivity index (χ1n) is 8.69. The topological polar surface area (TPSA) is 120 Å². The Bertz CT molecular complexity index is 840. The lowest BCUT2D eigenvalue weighted by atomic mass is 10.2. The van der Waals surface area contributed by atoms with E-state index in [4.69, 9.17) is 14.0 Å². The summed E-state index contributed by atoms with van der Waals surface area (Å²) in [7, 11) is 0. The Morgan fingerprint density at radius 3 is 2.54 bits per heavy atom. The highest BCUT2D eigenvalue weighted by Crippen LogP contribution is 2.22. The third-order valence-corrected chi connectivity index (χ3v) is 3.67. The smallest absolute Gasteiger partial charge is 0.342 e. The van der Waals surface area contributed by atoms with Crippen LogP contribution in [0.5, 0.6) is 5.75 Å². The van der Waals surface area contributed by atoms with E-state index in [1.807, 2.05) is 0 Å². The minimum absolute atomic E-state index is 0.128. The molecule has 0 radical (unpaired) electrons. The zero-order chi connectivity index (χ0) is 20.7. The van der Waals surface area contributed by atoms with Gasteiger partial charge in [0.2, 0.25) is 0 Å². The van der Waals surface area contributed by atoms with Gasteiger partial charge in [0.25, 0.3) is 5.91 Å². The SMILES string of the molecule is Cc1noc(C)c1COc1ccccc1C(=O)OCC(=O)NC(=O)NC(C)C. The maximum Gasteiger partial charge on any atom is 0.342 e. The summed E-state index contributed by atoms with van der Waals surface area (Å²) in [4.78, 5) is 35.5. The molecule has 1 heterocycles. The fourth-order valence-corrected chi connectivity index (χ4v) is 2.29. The highest BCUT2D eigenvalue weighted by molar-refractivity contribution is 5.97. The molecule has 0 aliphatic carbocycles. The van der Waals surface area contributed by atoms with Crippen molar-refractivity contribution in [1.29, 1.82) is 0 Å². The van der Waals surface area contributed by atoms with Gasteiger partial charge in [-0.05, 0) is 39.8 Å². The molecule has 0 fully saturated rings. The molecule has 1 aromatic heterocycles. The molecular formula is C19H23N3O6. The van der Waals surface area contributed by atoms with E-state index in [2.05, 4.69) is 15.8 Å². The van der Waals surface area contributed by atoms with Gasteiger partial charge in [-0.1, -0.05) is 17.3 Å². The number of carbonyl (C=O) groups excluding carboxylic acids is 3. The number of amides is 3. The third-order valence-electron chi connectivity index (χ3n) is 3.67. The fourth-order valence-electron chi connectivity index (χ4n) is 2.29. The number of hydrogen-bond acceptors (Lipinski definition) is 7. The number of carbonyl (C=O) groups is 3. The van der Waals surface area contributed by atoms with E-state index in [1.165, 1.54) is 6.07 Å². The second-order valence-electron chi connectivity index (χ2n) is 6.34. The number of para-hydroxylation sites is 1. The summed E-state index contributed by atoms with van der Waals surface area (Å²) < 4.78 is 15.8. The van der Waals surface area contributed by atoms with Gasteiger partial charge in [0.05, 0.1) is 11.3 Å². The molecule has 9 heteroatoms. The Hall–Kier alpha value is -3.36. The number of aromatic nitrogens is 1. The first-order chi connectivity index (χ1) is 13.3. The minimum Gasteiger partial charge on any atom is -0.488 e. The van der Waals surface area contributed by atoms with E-state index in [1.54, 1.807) is 45.9 Å². The number of aryl methyl sites for hydroxylation is 2. The number of nitrogens with one attached hydrogen (secondary N) is 2. The molecule has 2 rings (SSSR count). The molecule has 0 atom stereocenters. The Morgan fingerprint density at radius 1 is 1.18 bits per heavy atom. The molecule has 0 saturated heterocycles. The van der Waals surface area contributed by atoms with Gasteiger partial charge in [0, 0.05) is 6.04 Å². The molecule has 0 bridgehead atoms. The summed E-state index contributed by atoms with van der Waals surface area (Å²) in [6.45, 7) is 6.65. The quantitative estimate of drug-likeness (QED) is 0.697. The first kappa shape index (κ1) is 20.9. The highest BCUT2D eigenvalue weighted by atomic mass is 16.5. The molecule has 9 nitrogen and oxygen atoms in total. The van der Waals surface area contributed by atoms with Crippen molar-refractivity contribution < 1.29 is 28.4 Å². The molecule has 0 spiro atoms. The second kappa shape index (κ2) is 9.54. The number of nitrogens with zero attached hydrogens (tertiary/aromatic N) is 1. The lowest BCUT2D eigenvalue weighted by Crippen LogP contribution is -2.44. The molecule has 150 valence electrons. The lowest BCUT2D eigenvalue weighted by molar-refractivity contribution is -0.123. The Balaban J connectivity index is 1.95. The zero-order valence-corrected chi connectivity index (χ0v) is 16.2. The van der Waals surface area contributed by atoms with Gasteiger partial charge in [0.1, 0.15) is 23.7 Å². The number of rotatable bonds is 7. The zero-order valence-electron chi connectivity index (χ0n) is 16.2. The molecule has 0 unspecified atom stereocenters. The predicted molar refractivity (Wildman–Crippen MR) is 98.8 cm³/mol. The average Bonchev–Trinajstić information content (AvgIpc) is 2.95. The van der Waals surface area contributed by atoms with Crippen molar-refractivity contribution >= 4 is 17.9 Å². The van der Waals surface area contributed by atoms with Crippen molar-refractivity contribution in [3.63, 3.8) is 0 Å². The van der Waals surface area contributed by atoms with Gasteiger partial charge in [-0.25, -0.2) is 9.59 Å². The van der Waals surface area contributed by atoms with Gasteiger partial charge >= 0.3 is 12.0 Å². The van der Waals surface area contributed by atoms with Crippen molar-refractivity contribution in [1.82, 2.24) is 15.8 Å². The maximum atomic E-state index is 12.3. The fraction of sp³-hybridized carbons (Fsp3) is 0.368. The molecule has 2 N–H and O–H groups in total. The molecule has 0 aliphatic heterocycles. The van der Waals surface area contributed by atoms with Crippen LogP contribution >= 0.6 is 0 Å². The van der Waals surface area contributed by atoms with E-state index in [0.29, 0.717) is 17.2 Å². The molecule has 3 amide bonds. The van der Waals surface area contributed by atoms with Gasteiger partial charge < -0.3 is 19.3 Å². The van der Waals surface area contributed by atoms with Crippen LogP contribution in [0.3, 0.4) is 0 Å². The third kappa shape index (κ3) is 5.83. The van der Waals surface area contributed by atoms with Crippen LogP contribution in [0, 0.1) is 13.8 Å². The van der Waals surface area contributed by atoms with Crippen LogP contribution in [-0.2, 0) is 16.1 Å². The predicted octanol–water partition coefficient (Wildman–Crippen LogP) is 2.26. The summed E-state index contributed by atoms with van der Waals surface area (Å²) in [5, 5.41) is 8.42. The van der Waals surface area contributed by atoms with Crippen molar-refractivity contribution in [2.24, 2.45) is 0 Å². The van der Waals surface area contributed by atoms with Crippen molar-refractivity contribution in [3.8, 4) is 5.75 Å². The number of urea groups is 1. The van der Waals surface area contributed by atoms with Gasteiger partial charge in [0.15, 0.2) is 6.61 Å². The van der Waals surface area contributed by atoms with Crippen LogP contribution in [-0.4, -0.2) is 35.7 Å². The van der Waals surface area contributed by atoms with Crippen molar-refractivity contribution in [3.05, 3.63) is 46.8 Å². The summed E-state index contributed by atoms with van der Waals surface area (Å²) in [6, 6.07) is 5.72. The monoisotopic (exact) mass is 389 g/mol. The van der Waals surface area contributed by atoms with Crippen LogP contribution in [0.4, 0.5) is 4.79 Å². The van der Waals surface area contributed by atoms with Crippen LogP contribution < -0.4 is 15.4 Å². The van der Waals surface area contributed by atoms with Crippen LogP contribution in [0.25, 0.3) is 0 Å². The average molecular weight is 389 g/mol. The minimum atomic E-state index is -0.742. The number of hydrogen-bond donors (Lipinski definition) is 2. The van der Waals surface area contributed by atoms with Gasteiger partial charge in [-0.15, -0.1) is 0 Å². The Kier molecular flexibility index (Phi) is 7.14. The Labute approximate surface area is 162 Å². The summed E-state index contributed by atoms with van der Waals surface area (Å²) in [5.74, 6) is -0.547. The standard InChI is InChI=1S/C19H23N3O6/c1-11(2)20-19(25)21-17(23)10-27-18(24)14-7-5-6-8-16(14)26-9-15-12(3)22-28-13(15)4/h5-8,11H,9-10H2,1-4H3,(H2,20,21,23,25). The number of esters is 1. The molecule has 1 aromatic carbocycles. The molecule has 2 aromatic rings. The molecule has 28 heavy (non-hydrogen) atoms. The number of imide groups is 1. The summed E-state index contributed by atoms with van der Waals surface area (Å²) in [5.41, 5.74) is 1.65. The van der Waals surface area contributed by atoms with Crippen molar-refractivity contribution in [2.45, 2.75) is 40.3 Å². The normalized spacial score (nSPS) is 10.5. The summed E-state index contributed by atoms with van der Waals surface area (Å²) in [6.07, 6.45) is 0. The maximum absolute atomic E-state index is 12.3. The Morgan fingerprint density at radius 2 is 1.89 bits per heavy atom. The van der Waals surface area contributed by atoms with Crippen LogP contribution in [0.1, 0.15) is 41.2 Å². The number of ether oxygens (including phenoxy) is 2. The van der Waals surface area contributed by atoms with Crippen LogP contribution in [0.2, 0.25) is 0 Å². The van der Waals surface area contributed by atoms with E-state index in [-0.39, 0.29) is 18.2 Å². The van der Waals surface area contributed by atoms with E-state index in [9.17, 15) is 14.4 Å². The van der Waals surface area contributed by atoms with Gasteiger partial charge in [-0.3, -0.25) is 10.1 Å². The lowest BCUT2D eigenvalue weighted by Gasteiger charge is -2.12. The van der Waals surface area contributed by atoms with E-state index < -0.39 is 24.5 Å². The van der Waals surface area contributed by atoms with Crippen LogP contribution in [0.15, 0.2) is 28.8 Å². The molecular weight excluding hydrogens is 366 g/mol. The first-order valence-corrected chi connectivity index (χ1v) is 8.69. The van der Waals surface area contributed by atoms with Crippen molar-refractivity contribution in [2.75, 3.05) is 6.61 Å². The van der Waals surface area contributed by atoms with Gasteiger partial charge in [-0.2, -0.15) is 0 Å². The highest BCUT2D eigenvalue weighted by Gasteiger charge is 2.18. The number of benzene rings is 1.